The van der Waals surface area contributed by atoms with Crippen LogP contribution < -0.4 is 5.32 Å². The minimum absolute atomic E-state index is 0.00972. The van der Waals surface area contributed by atoms with E-state index in [2.05, 4.69) is 10.4 Å². The Morgan fingerprint density at radius 3 is 2.42 bits per heavy atom. The molecule has 0 atom stereocenters. The molecule has 1 saturated heterocycles. The van der Waals surface area contributed by atoms with Gasteiger partial charge in [0.2, 0.25) is 10.0 Å². The fraction of sp³-hybridized carbons (Fsp3) is 0.304. The van der Waals surface area contributed by atoms with Crippen LogP contribution in [0.3, 0.4) is 0 Å². The molecule has 0 saturated carbocycles. The first-order chi connectivity index (χ1) is 15.7. The molecule has 0 aliphatic carbocycles. The zero-order valence-electron chi connectivity index (χ0n) is 18.1. The maximum atomic E-state index is 13.1. The summed E-state index contributed by atoms with van der Waals surface area (Å²) in [6, 6.07) is 12.3. The third-order valence-electron chi connectivity index (χ3n) is 5.55. The Morgan fingerprint density at radius 1 is 1.03 bits per heavy atom. The van der Waals surface area contributed by atoms with Gasteiger partial charge in [-0.05, 0) is 37.5 Å². The van der Waals surface area contributed by atoms with Gasteiger partial charge in [-0.1, -0.05) is 59.5 Å². The van der Waals surface area contributed by atoms with Crippen LogP contribution in [0.5, 0.6) is 0 Å². The normalized spacial score (nSPS) is 14.9. The number of hydrogen-bond donors (Lipinski definition) is 1. The summed E-state index contributed by atoms with van der Waals surface area (Å²) < 4.78 is 29.3. The zero-order valence-corrected chi connectivity index (χ0v) is 20.4. The lowest BCUT2D eigenvalue weighted by molar-refractivity contribution is 0.102. The first-order valence-electron chi connectivity index (χ1n) is 10.6. The molecule has 2 aromatic carbocycles. The SMILES string of the molecule is Cc1ccc(Cn2ccc(NC(=O)c3cc(S(=O)(=O)N4CCCCC4)c(Cl)cc3Cl)n2)cc1. The molecular formula is C23H24Cl2N4O3S. The van der Waals surface area contributed by atoms with Gasteiger partial charge in [0, 0.05) is 25.4 Å². The fourth-order valence-electron chi connectivity index (χ4n) is 3.73. The Hall–Kier alpha value is -2.39. The lowest BCUT2D eigenvalue weighted by Crippen LogP contribution is -2.35. The van der Waals surface area contributed by atoms with Crippen LogP contribution >= 0.6 is 23.2 Å². The van der Waals surface area contributed by atoms with E-state index in [0.29, 0.717) is 25.5 Å². The van der Waals surface area contributed by atoms with E-state index >= 15 is 0 Å². The van der Waals surface area contributed by atoms with E-state index in [1.165, 1.54) is 22.0 Å². The highest BCUT2D eigenvalue weighted by Crippen LogP contribution is 2.32. The molecule has 2 heterocycles. The van der Waals surface area contributed by atoms with E-state index in [4.69, 9.17) is 23.2 Å². The van der Waals surface area contributed by atoms with Crippen molar-refractivity contribution in [2.75, 3.05) is 18.4 Å². The number of rotatable bonds is 6. The predicted molar refractivity (Wildman–Crippen MR) is 130 cm³/mol. The number of aromatic nitrogens is 2. The number of sulfonamides is 1. The average Bonchev–Trinajstić information content (AvgIpc) is 3.22. The van der Waals surface area contributed by atoms with Gasteiger partial charge >= 0.3 is 0 Å². The van der Waals surface area contributed by atoms with Gasteiger partial charge in [0.25, 0.3) is 5.91 Å². The van der Waals surface area contributed by atoms with Crippen molar-refractivity contribution in [3.63, 3.8) is 0 Å². The highest BCUT2D eigenvalue weighted by Gasteiger charge is 2.30. The van der Waals surface area contributed by atoms with E-state index < -0.39 is 15.9 Å². The minimum Gasteiger partial charge on any atom is -0.305 e. The van der Waals surface area contributed by atoms with Crippen LogP contribution in [0, 0.1) is 6.92 Å². The van der Waals surface area contributed by atoms with Gasteiger partial charge in [-0.15, -0.1) is 0 Å². The molecule has 4 rings (SSSR count). The smallest absolute Gasteiger partial charge is 0.258 e. The lowest BCUT2D eigenvalue weighted by atomic mass is 10.1. The molecular weight excluding hydrogens is 483 g/mol. The van der Waals surface area contributed by atoms with Crippen LogP contribution in [-0.4, -0.2) is 41.5 Å². The number of nitrogens with zero attached hydrogens (tertiary/aromatic N) is 3. The quantitative estimate of drug-likeness (QED) is 0.511. The van der Waals surface area contributed by atoms with Crippen LogP contribution in [0.15, 0.2) is 53.6 Å². The standard InChI is InChI=1S/C23H24Cl2N4O3S/c1-16-5-7-17(8-6-16)15-28-12-9-22(27-28)26-23(30)18-13-21(20(25)14-19(18)24)33(31,32)29-10-3-2-4-11-29/h5-9,12-14H,2-4,10-11,15H2,1H3,(H,26,27,30). The third-order valence-corrected chi connectivity index (χ3v) is 8.22. The molecule has 1 N–H and O–H groups in total. The monoisotopic (exact) mass is 506 g/mol. The van der Waals surface area contributed by atoms with E-state index in [0.717, 1.165) is 24.8 Å². The lowest BCUT2D eigenvalue weighted by Gasteiger charge is -2.26. The summed E-state index contributed by atoms with van der Waals surface area (Å²) in [6.07, 6.45) is 4.34. The maximum Gasteiger partial charge on any atom is 0.258 e. The number of anilines is 1. The van der Waals surface area contributed by atoms with Crippen molar-refractivity contribution in [3.8, 4) is 0 Å². The first-order valence-corrected chi connectivity index (χ1v) is 12.8. The molecule has 1 aliphatic heterocycles. The van der Waals surface area contributed by atoms with E-state index in [-0.39, 0.29) is 20.5 Å². The Bertz CT molecular complexity index is 1270. The largest absolute Gasteiger partial charge is 0.305 e. The first kappa shape index (κ1) is 23.8. The number of carbonyl (C=O) groups is 1. The van der Waals surface area contributed by atoms with Crippen LogP contribution in [0.25, 0.3) is 0 Å². The van der Waals surface area contributed by atoms with Gasteiger partial charge in [0.1, 0.15) is 4.90 Å². The van der Waals surface area contributed by atoms with E-state index in [9.17, 15) is 13.2 Å². The zero-order chi connectivity index (χ0) is 23.6. The molecule has 0 unspecified atom stereocenters. The molecule has 1 amide bonds. The third kappa shape index (κ3) is 5.41. The second-order valence-corrected chi connectivity index (χ2v) is 10.8. The summed E-state index contributed by atoms with van der Waals surface area (Å²) in [5.74, 6) is -0.231. The number of hydrogen-bond acceptors (Lipinski definition) is 4. The summed E-state index contributed by atoms with van der Waals surface area (Å²) in [5, 5.41) is 7.11. The van der Waals surface area contributed by atoms with E-state index in [1.807, 2.05) is 31.2 Å². The molecule has 1 fully saturated rings. The molecule has 1 aromatic heterocycles. The molecule has 0 radical (unpaired) electrons. The maximum absolute atomic E-state index is 13.1. The summed E-state index contributed by atoms with van der Waals surface area (Å²) in [5.41, 5.74) is 2.27. The Morgan fingerprint density at radius 2 is 1.73 bits per heavy atom. The molecule has 10 heteroatoms. The van der Waals surface area contributed by atoms with Gasteiger partial charge in [-0.3, -0.25) is 9.48 Å². The Labute approximate surface area is 203 Å². The molecule has 3 aromatic rings. The van der Waals surface area contributed by atoms with Gasteiger partial charge in [-0.2, -0.15) is 9.40 Å². The molecule has 33 heavy (non-hydrogen) atoms. The van der Waals surface area contributed by atoms with Crippen molar-refractivity contribution in [3.05, 3.63) is 75.4 Å². The van der Waals surface area contributed by atoms with Crippen molar-refractivity contribution in [1.82, 2.24) is 14.1 Å². The second-order valence-electron chi connectivity index (χ2n) is 8.07. The number of piperidine rings is 1. The van der Waals surface area contributed by atoms with Crippen LogP contribution in [-0.2, 0) is 16.6 Å². The second kappa shape index (κ2) is 9.85. The van der Waals surface area contributed by atoms with E-state index in [1.54, 1.807) is 16.9 Å². The van der Waals surface area contributed by atoms with Gasteiger partial charge in [0.15, 0.2) is 5.82 Å². The summed E-state index contributed by atoms with van der Waals surface area (Å²) >= 11 is 12.5. The predicted octanol–water partition coefficient (Wildman–Crippen LogP) is 4.97. The van der Waals surface area contributed by atoms with Gasteiger partial charge in [0.05, 0.1) is 22.2 Å². The van der Waals surface area contributed by atoms with Crippen LogP contribution in [0.4, 0.5) is 5.82 Å². The molecule has 1 aliphatic rings. The van der Waals surface area contributed by atoms with Gasteiger partial charge < -0.3 is 5.32 Å². The number of nitrogens with one attached hydrogen (secondary N) is 1. The Balaban J connectivity index is 1.53. The highest BCUT2D eigenvalue weighted by atomic mass is 35.5. The average molecular weight is 507 g/mol. The highest BCUT2D eigenvalue weighted by molar-refractivity contribution is 7.89. The van der Waals surface area contributed by atoms with Crippen molar-refractivity contribution < 1.29 is 13.2 Å². The van der Waals surface area contributed by atoms with Gasteiger partial charge in [-0.25, -0.2) is 8.42 Å². The topological polar surface area (TPSA) is 84.3 Å². The number of benzene rings is 2. The van der Waals surface area contributed by atoms with Crippen molar-refractivity contribution in [2.45, 2.75) is 37.6 Å². The summed E-state index contributed by atoms with van der Waals surface area (Å²) in [7, 11) is -3.83. The number of halogens is 2. The molecule has 0 bridgehead atoms. The van der Waals surface area contributed by atoms with Crippen molar-refractivity contribution in [1.29, 1.82) is 0 Å². The number of amides is 1. The number of aryl methyl sites for hydroxylation is 1. The summed E-state index contributed by atoms with van der Waals surface area (Å²) in [6.45, 7) is 3.44. The Kier molecular flexibility index (Phi) is 7.09. The molecule has 174 valence electrons. The molecule has 0 spiro atoms. The van der Waals surface area contributed by atoms with Crippen LogP contribution in [0.1, 0.15) is 40.7 Å². The molecule has 7 nitrogen and oxygen atoms in total. The van der Waals surface area contributed by atoms with Crippen LogP contribution in [0.2, 0.25) is 10.0 Å². The van der Waals surface area contributed by atoms with Crippen molar-refractivity contribution in [2.24, 2.45) is 0 Å². The fourth-order valence-corrected chi connectivity index (χ4v) is 6.08. The summed E-state index contributed by atoms with van der Waals surface area (Å²) in [4.78, 5) is 12.8. The van der Waals surface area contributed by atoms with Crippen molar-refractivity contribution >= 4 is 45.0 Å². The number of carbonyl (C=O) groups excluding carboxylic acids is 1. The minimum atomic E-state index is -3.83.